The summed E-state index contributed by atoms with van der Waals surface area (Å²) in [7, 11) is 0. The lowest BCUT2D eigenvalue weighted by Gasteiger charge is -2.06. The first-order chi connectivity index (χ1) is 11.5. The number of aromatic nitrogens is 2. The molecular formula is C19H20FN3O. The fourth-order valence-electron chi connectivity index (χ4n) is 2.86. The Hall–Kier alpha value is -2.69. The van der Waals surface area contributed by atoms with Gasteiger partial charge in [-0.15, -0.1) is 0 Å². The number of benzene rings is 1. The lowest BCUT2D eigenvalue weighted by molar-refractivity contribution is -0.120. The van der Waals surface area contributed by atoms with Crippen LogP contribution in [0, 0.1) is 19.7 Å². The highest BCUT2D eigenvalue weighted by Gasteiger charge is 2.10. The topological polar surface area (TPSA) is 57.8 Å². The first-order valence-electron chi connectivity index (χ1n) is 7.98. The minimum Gasteiger partial charge on any atom is -0.358 e. The first-order valence-corrected chi connectivity index (χ1v) is 7.98. The van der Waals surface area contributed by atoms with Crippen molar-refractivity contribution in [2.75, 3.05) is 6.54 Å². The van der Waals surface area contributed by atoms with Gasteiger partial charge in [0.1, 0.15) is 5.82 Å². The monoisotopic (exact) mass is 325 g/mol. The number of hydrogen-bond donors (Lipinski definition) is 2. The Kier molecular flexibility index (Phi) is 4.60. The zero-order chi connectivity index (χ0) is 17.1. The molecule has 0 aliphatic carbocycles. The van der Waals surface area contributed by atoms with E-state index in [4.69, 9.17) is 0 Å². The minimum absolute atomic E-state index is 0.0239. The molecule has 0 radical (unpaired) electrons. The van der Waals surface area contributed by atoms with Gasteiger partial charge in [-0.25, -0.2) is 4.39 Å². The van der Waals surface area contributed by atoms with Crippen molar-refractivity contribution < 1.29 is 9.18 Å². The van der Waals surface area contributed by atoms with Crippen LogP contribution in [0.5, 0.6) is 0 Å². The van der Waals surface area contributed by atoms with Crippen LogP contribution in [0.25, 0.3) is 10.9 Å². The van der Waals surface area contributed by atoms with Gasteiger partial charge in [0, 0.05) is 35.0 Å². The third-order valence-corrected chi connectivity index (χ3v) is 4.12. The second-order valence-corrected chi connectivity index (χ2v) is 6.00. The Balaban J connectivity index is 1.59. The second-order valence-electron chi connectivity index (χ2n) is 6.00. The number of aryl methyl sites for hydroxylation is 2. The molecule has 2 heterocycles. The van der Waals surface area contributed by atoms with Crippen molar-refractivity contribution in [2.45, 2.75) is 26.7 Å². The van der Waals surface area contributed by atoms with E-state index in [-0.39, 0.29) is 11.7 Å². The van der Waals surface area contributed by atoms with Crippen LogP contribution in [-0.4, -0.2) is 22.4 Å². The lowest BCUT2D eigenvalue weighted by atomic mass is 10.1. The number of pyridine rings is 1. The maximum Gasteiger partial charge on any atom is 0.224 e. The van der Waals surface area contributed by atoms with Crippen molar-refractivity contribution in [1.82, 2.24) is 15.3 Å². The number of nitrogens with one attached hydrogen (secondary N) is 2. The number of rotatable bonds is 5. The highest BCUT2D eigenvalue weighted by Crippen LogP contribution is 2.23. The molecule has 3 aromatic rings. The van der Waals surface area contributed by atoms with Gasteiger partial charge in [-0.3, -0.25) is 9.78 Å². The fraction of sp³-hybridized carbons (Fsp3) is 0.263. The summed E-state index contributed by atoms with van der Waals surface area (Å²) < 4.78 is 13.3. The first kappa shape index (κ1) is 16.2. The summed E-state index contributed by atoms with van der Waals surface area (Å²) in [5, 5.41) is 3.94. The summed E-state index contributed by atoms with van der Waals surface area (Å²) in [5.41, 5.74) is 4.75. The molecule has 0 atom stereocenters. The molecule has 2 N–H and O–H groups in total. The van der Waals surface area contributed by atoms with Crippen molar-refractivity contribution in [3.63, 3.8) is 0 Å². The minimum atomic E-state index is -0.254. The van der Waals surface area contributed by atoms with E-state index >= 15 is 0 Å². The van der Waals surface area contributed by atoms with Gasteiger partial charge >= 0.3 is 0 Å². The van der Waals surface area contributed by atoms with Crippen LogP contribution < -0.4 is 5.32 Å². The normalized spacial score (nSPS) is 11.0. The Morgan fingerprint density at radius 3 is 2.83 bits per heavy atom. The fourth-order valence-corrected chi connectivity index (χ4v) is 2.86. The molecule has 0 bridgehead atoms. The highest BCUT2D eigenvalue weighted by atomic mass is 19.1. The molecule has 3 rings (SSSR count). The van der Waals surface area contributed by atoms with Crippen molar-refractivity contribution in [3.05, 3.63) is 64.9 Å². The van der Waals surface area contributed by atoms with Gasteiger partial charge in [-0.2, -0.15) is 0 Å². The Labute approximate surface area is 140 Å². The van der Waals surface area contributed by atoms with E-state index in [1.54, 1.807) is 12.3 Å². The number of carbonyl (C=O) groups is 1. The van der Waals surface area contributed by atoms with Crippen LogP contribution in [0.15, 0.2) is 36.5 Å². The van der Waals surface area contributed by atoms with Gasteiger partial charge in [0.05, 0.1) is 6.42 Å². The van der Waals surface area contributed by atoms with E-state index in [1.807, 2.05) is 26.0 Å². The van der Waals surface area contributed by atoms with E-state index in [2.05, 4.69) is 15.3 Å². The van der Waals surface area contributed by atoms with Gasteiger partial charge in [-0.05, 0) is 55.7 Å². The number of nitrogens with zero attached hydrogens (tertiary/aromatic N) is 1. The summed E-state index contributed by atoms with van der Waals surface area (Å²) >= 11 is 0. The van der Waals surface area contributed by atoms with Gasteiger partial charge in [0.25, 0.3) is 0 Å². The molecule has 5 heteroatoms. The van der Waals surface area contributed by atoms with E-state index in [0.29, 0.717) is 19.4 Å². The van der Waals surface area contributed by atoms with Crippen molar-refractivity contribution in [1.29, 1.82) is 0 Å². The number of halogens is 1. The molecule has 1 aromatic carbocycles. The Morgan fingerprint density at radius 2 is 2.08 bits per heavy atom. The molecule has 124 valence electrons. The zero-order valence-corrected chi connectivity index (χ0v) is 13.8. The largest absolute Gasteiger partial charge is 0.358 e. The van der Waals surface area contributed by atoms with Crippen LogP contribution in [0.4, 0.5) is 4.39 Å². The summed E-state index contributed by atoms with van der Waals surface area (Å²) in [4.78, 5) is 19.4. The van der Waals surface area contributed by atoms with E-state index < -0.39 is 0 Å². The van der Waals surface area contributed by atoms with Crippen molar-refractivity contribution >= 4 is 16.8 Å². The molecule has 0 unspecified atom stereocenters. The predicted octanol–water partition coefficient (Wildman–Crippen LogP) is 3.22. The number of fused-ring (bicyclic) bond motifs is 1. The summed E-state index contributed by atoms with van der Waals surface area (Å²) in [6.45, 7) is 4.43. The van der Waals surface area contributed by atoms with E-state index in [1.165, 1.54) is 12.1 Å². The quantitative estimate of drug-likeness (QED) is 0.757. The van der Waals surface area contributed by atoms with E-state index in [9.17, 15) is 9.18 Å². The lowest BCUT2D eigenvalue weighted by Crippen LogP contribution is -2.27. The molecule has 0 aliphatic rings. The number of carbonyl (C=O) groups excluding carboxylic acids is 1. The average Bonchev–Trinajstić information content (AvgIpc) is 2.84. The highest BCUT2D eigenvalue weighted by molar-refractivity contribution is 5.85. The summed E-state index contributed by atoms with van der Waals surface area (Å²) in [5.74, 6) is -0.278. The number of hydrogen-bond acceptors (Lipinski definition) is 2. The summed E-state index contributed by atoms with van der Waals surface area (Å²) in [6.07, 6.45) is 2.76. The molecule has 0 fully saturated rings. The Morgan fingerprint density at radius 1 is 1.25 bits per heavy atom. The van der Waals surface area contributed by atoms with Crippen molar-refractivity contribution in [3.8, 4) is 0 Å². The molecule has 2 aromatic heterocycles. The molecule has 0 saturated carbocycles. The third-order valence-electron chi connectivity index (χ3n) is 4.12. The molecular weight excluding hydrogens is 305 g/mol. The number of H-pyrrole nitrogens is 1. The second kappa shape index (κ2) is 6.83. The smallest absolute Gasteiger partial charge is 0.224 e. The third kappa shape index (κ3) is 3.62. The van der Waals surface area contributed by atoms with Crippen LogP contribution in [0.2, 0.25) is 0 Å². The molecule has 0 spiro atoms. The van der Waals surface area contributed by atoms with Crippen LogP contribution in [-0.2, 0) is 17.6 Å². The van der Waals surface area contributed by atoms with E-state index in [0.717, 1.165) is 33.4 Å². The molecule has 1 amide bonds. The number of aromatic amines is 1. The predicted molar refractivity (Wildman–Crippen MR) is 92.4 cm³/mol. The van der Waals surface area contributed by atoms with Crippen molar-refractivity contribution in [2.24, 2.45) is 0 Å². The van der Waals surface area contributed by atoms with Crippen LogP contribution in [0.3, 0.4) is 0 Å². The SMILES string of the molecule is Cc1ccc(CC(=O)NCCc2c(C)[nH]c3cc(F)ccc23)cn1. The van der Waals surface area contributed by atoms with Gasteiger partial charge in [0.15, 0.2) is 0 Å². The molecule has 0 saturated heterocycles. The molecule has 4 nitrogen and oxygen atoms in total. The molecule has 24 heavy (non-hydrogen) atoms. The summed E-state index contributed by atoms with van der Waals surface area (Å²) in [6, 6.07) is 8.55. The zero-order valence-electron chi connectivity index (χ0n) is 13.8. The van der Waals surface area contributed by atoms with Gasteiger partial charge in [0.2, 0.25) is 5.91 Å². The standard InChI is InChI=1S/C19H20FN3O/c1-12-3-4-14(11-22-12)9-19(24)21-8-7-16-13(2)23-18-10-15(20)5-6-17(16)18/h3-6,10-11,23H,7-9H2,1-2H3,(H,21,24). The average molecular weight is 325 g/mol. The Bertz CT molecular complexity index is 868. The van der Waals surface area contributed by atoms with Crippen LogP contribution in [0.1, 0.15) is 22.5 Å². The van der Waals surface area contributed by atoms with Crippen LogP contribution >= 0.6 is 0 Å². The maximum absolute atomic E-state index is 13.3. The van der Waals surface area contributed by atoms with Gasteiger partial charge in [-0.1, -0.05) is 6.07 Å². The molecule has 0 aliphatic heterocycles. The maximum atomic E-state index is 13.3. The van der Waals surface area contributed by atoms with Gasteiger partial charge < -0.3 is 10.3 Å². The number of amides is 1.